The molecular formula is C23H27N3OS. The minimum Gasteiger partial charge on any atom is -0.353 e. The summed E-state index contributed by atoms with van der Waals surface area (Å²) in [5, 5.41) is 3.90. The Labute approximate surface area is 171 Å². The van der Waals surface area contributed by atoms with Crippen molar-refractivity contribution in [1.29, 1.82) is 0 Å². The third-order valence-electron chi connectivity index (χ3n) is 4.70. The average molecular weight is 394 g/mol. The van der Waals surface area contributed by atoms with Gasteiger partial charge in [-0.1, -0.05) is 79.3 Å². The number of carbonyl (C=O) groups excluding carboxylic acids is 1. The van der Waals surface area contributed by atoms with Gasteiger partial charge in [0.2, 0.25) is 5.91 Å². The summed E-state index contributed by atoms with van der Waals surface area (Å²) >= 11 is 1.50. The molecule has 28 heavy (non-hydrogen) atoms. The summed E-state index contributed by atoms with van der Waals surface area (Å²) in [5.41, 5.74) is 4.27. The molecule has 0 spiro atoms. The maximum atomic E-state index is 12.2. The Balaban J connectivity index is 1.97. The number of amides is 1. The summed E-state index contributed by atoms with van der Waals surface area (Å²) < 4.78 is 2.21. The molecule has 3 aromatic rings. The van der Waals surface area contributed by atoms with Crippen LogP contribution in [0, 0.1) is 0 Å². The quantitative estimate of drug-likeness (QED) is 0.532. The first-order chi connectivity index (χ1) is 13.6. The van der Waals surface area contributed by atoms with E-state index in [4.69, 9.17) is 4.98 Å². The minimum absolute atomic E-state index is 0.0486. The SMILES string of the molecule is CCC(C)NC(=O)CSc1nc(-c2ccccc2)c(-c2ccccc2)n1CC. The largest absolute Gasteiger partial charge is 0.353 e. The summed E-state index contributed by atoms with van der Waals surface area (Å²) in [7, 11) is 0. The molecule has 1 unspecified atom stereocenters. The van der Waals surface area contributed by atoms with Crippen LogP contribution >= 0.6 is 11.8 Å². The zero-order chi connectivity index (χ0) is 19.9. The molecule has 1 N–H and O–H groups in total. The number of nitrogens with one attached hydrogen (secondary N) is 1. The normalized spacial score (nSPS) is 12.0. The molecule has 2 aromatic carbocycles. The number of thioether (sulfide) groups is 1. The number of aromatic nitrogens is 2. The lowest BCUT2D eigenvalue weighted by Crippen LogP contribution is -2.33. The summed E-state index contributed by atoms with van der Waals surface area (Å²) in [6.45, 7) is 7.00. The van der Waals surface area contributed by atoms with Crippen molar-refractivity contribution in [1.82, 2.24) is 14.9 Å². The van der Waals surface area contributed by atoms with Crippen LogP contribution in [-0.4, -0.2) is 27.3 Å². The monoisotopic (exact) mass is 393 g/mol. The summed E-state index contributed by atoms with van der Waals surface area (Å²) in [5.74, 6) is 0.414. The molecule has 1 atom stereocenters. The van der Waals surface area contributed by atoms with Gasteiger partial charge in [0, 0.05) is 23.7 Å². The van der Waals surface area contributed by atoms with E-state index in [0.29, 0.717) is 5.75 Å². The number of imidazole rings is 1. The van der Waals surface area contributed by atoms with Crippen molar-refractivity contribution >= 4 is 17.7 Å². The van der Waals surface area contributed by atoms with E-state index in [9.17, 15) is 4.79 Å². The van der Waals surface area contributed by atoms with Crippen LogP contribution in [-0.2, 0) is 11.3 Å². The summed E-state index contributed by atoms with van der Waals surface area (Å²) in [6.07, 6.45) is 0.927. The summed E-state index contributed by atoms with van der Waals surface area (Å²) in [4.78, 5) is 17.2. The van der Waals surface area contributed by atoms with Gasteiger partial charge in [-0.25, -0.2) is 4.98 Å². The lowest BCUT2D eigenvalue weighted by molar-refractivity contribution is -0.119. The molecule has 4 nitrogen and oxygen atoms in total. The van der Waals surface area contributed by atoms with Gasteiger partial charge < -0.3 is 9.88 Å². The van der Waals surface area contributed by atoms with Crippen molar-refractivity contribution in [2.45, 2.75) is 44.9 Å². The maximum Gasteiger partial charge on any atom is 0.230 e. The topological polar surface area (TPSA) is 46.9 Å². The predicted molar refractivity (Wildman–Crippen MR) is 117 cm³/mol. The highest BCUT2D eigenvalue weighted by molar-refractivity contribution is 7.99. The predicted octanol–water partition coefficient (Wildman–Crippen LogP) is 5.24. The zero-order valence-corrected chi connectivity index (χ0v) is 17.5. The van der Waals surface area contributed by atoms with Crippen LogP contribution in [0.1, 0.15) is 27.2 Å². The fourth-order valence-corrected chi connectivity index (χ4v) is 3.95. The number of rotatable bonds is 8. The first kappa shape index (κ1) is 20.2. The first-order valence-electron chi connectivity index (χ1n) is 9.77. The van der Waals surface area contributed by atoms with Crippen molar-refractivity contribution in [3.63, 3.8) is 0 Å². The Bertz CT molecular complexity index is 906. The average Bonchev–Trinajstić information content (AvgIpc) is 3.12. The molecule has 0 aliphatic carbocycles. The van der Waals surface area contributed by atoms with Crippen LogP contribution in [0.3, 0.4) is 0 Å². The third kappa shape index (κ3) is 4.65. The van der Waals surface area contributed by atoms with E-state index in [-0.39, 0.29) is 11.9 Å². The Morgan fingerprint density at radius 1 is 1.04 bits per heavy atom. The molecule has 0 aliphatic heterocycles. The third-order valence-corrected chi connectivity index (χ3v) is 5.67. The van der Waals surface area contributed by atoms with E-state index in [2.05, 4.69) is 48.0 Å². The zero-order valence-electron chi connectivity index (χ0n) is 16.7. The molecular weight excluding hydrogens is 366 g/mol. The van der Waals surface area contributed by atoms with E-state index in [1.165, 1.54) is 11.8 Å². The molecule has 1 amide bonds. The van der Waals surface area contributed by atoms with E-state index in [0.717, 1.165) is 40.6 Å². The molecule has 0 aliphatic rings. The van der Waals surface area contributed by atoms with Crippen LogP contribution in [0.5, 0.6) is 0 Å². The lowest BCUT2D eigenvalue weighted by atomic mass is 10.0. The van der Waals surface area contributed by atoms with Crippen molar-refractivity contribution in [3.05, 3.63) is 60.7 Å². The van der Waals surface area contributed by atoms with Crippen molar-refractivity contribution in [2.75, 3.05) is 5.75 Å². The van der Waals surface area contributed by atoms with Gasteiger partial charge in [0.05, 0.1) is 17.1 Å². The minimum atomic E-state index is 0.0486. The van der Waals surface area contributed by atoms with Crippen LogP contribution in [0.4, 0.5) is 0 Å². The van der Waals surface area contributed by atoms with Gasteiger partial charge in [0.1, 0.15) is 0 Å². The fourth-order valence-electron chi connectivity index (χ4n) is 3.07. The van der Waals surface area contributed by atoms with Gasteiger partial charge in [0.25, 0.3) is 0 Å². The van der Waals surface area contributed by atoms with Gasteiger partial charge in [-0.2, -0.15) is 0 Å². The highest BCUT2D eigenvalue weighted by Crippen LogP contribution is 2.35. The van der Waals surface area contributed by atoms with E-state index in [1.807, 2.05) is 43.3 Å². The van der Waals surface area contributed by atoms with Crippen LogP contribution in [0.25, 0.3) is 22.5 Å². The van der Waals surface area contributed by atoms with Gasteiger partial charge >= 0.3 is 0 Å². The molecule has 0 bridgehead atoms. The Morgan fingerprint density at radius 3 is 2.21 bits per heavy atom. The van der Waals surface area contributed by atoms with E-state index in [1.54, 1.807) is 0 Å². The van der Waals surface area contributed by atoms with Crippen molar-refractivity contribution < 1.29 is 4.79 Å². The number of carbonyl (C=O) groups is 1. The molecule has 3 rings (SSSR count). The van der Waals surface area contributed by atoms with Gasteiger partial charge in [-0.15, -0.1) is 0 Å². The Hall–Kier alpha value is -2.53. The van der Waals surface area contributed by atoms with Crippen molar-refractivity contribution in [3.8, 4) is 22.5 Å². The second-order valence-corrected chi connectivity index (χ2v) is 7.68. The Kier molecular flexibility index (Phi) is 6.93. The molecule has 1 aromatic heterocycles. The first-order valence-corrected chi connectivity index (χ1v) is 10.8. The molecule has 146 valence electrons. The van der Waals surface area contributed by atoms with Crippen LogP contribution < -0.4 is 5.32 Å². The van der Waals surface area contributed by atoms with E-state index >= 15 is 0 Å². The number of benzene rings is 2. The van der Waals surface area contributed by atoms with E-state index < -0.39 is 0 Å². The number of hydrogen-bond donors (Lipinski definition) is 1. The molecule has 0 saturated carbocycles. The standard InChI is InChI=1S/C23H27N3OS/c1-4-17(3)24-20(27)16-28-23-25-21(18-12-8-6-9-13-18)22(26(23)5-2)19-14-10-7-11-15-19/h6-15,17H,4-5,16H2,1-3H3,(H,24,27). The number of hydrogen-bond acceptors (Lipinski definition) is 3. The molecule has 1 heterocycles. The smallest absolute Gasteiger partial charge is 0.230 e. The fraction of sp³-hybridized carbons (Fsp3) is 0.304. The molecule has 0 fully saturated rings. The number of nitrogens with zero attached hydrogens (tertiary/aromatic N) is 2. The summed E-state index contributed by atoms with van der Waals surface area (Å²) in [6, 6.07) is 20.8. The lowest BCUT2D eigenvalue weighted by Gasteiger charge is -2.12. The molecule has 0 radical (unpaired) electrons. The van der Waals surface area contributed by atoms with Gasteiger partial charge in [-0.3, -0.25) is 4.79 Å². The second kappa shape index (κ2) is 9.60. The molecule has 5 heteroatoms. The van der Waals surface area contributed by atoms with Crippen molar-refractivity contribution in [2.24, 2.45) is 0 Å². The van der Waals surface area contributed by atoms with Gasteiger partial charge in [-0.05, 0) is 20.3 Å². The highest BCUT2D eigenvalue weighted by atomic mass is 32.2. The molecule has 0 saturated heterocycles. The maximum absolute atomic E-state index is 12.2. The van der Waals surface area contributed by atoms with Crippen LogP contribution in [0.15, 0.2) is 65.8 Å². The Morgan fingerprint density at radius 2 is 1.64 bits per heavy atom. The van der Waals surface area contributed by atoms with Gasteiger partial charge in [0.15, 0.2) is 5.16 Å². The van der Waals surface area contributed by atoms with Crippen LogP contribution in [0.2, 0.25) is 0 Å². The second-order valence-electron chi connectivity index (χ2n) is 6.73. The highest BCUT2D eigenvalue weighted by Gasteiger charge is 2.20.